The Labute approximate surface area is 164 Å². The summed E-state index contributed by atoms with van der Waals surface area (Å²) in [6.07, 6.45) is 4.13. The fraction of sp³-hybridized carbons (Fsp3) is 0.273. The summed E-state index contributed by atoms with van der Waals surface area (Å²) in [6.45, 7) is 4.48. The lowest BCUT2D eigenvalue weighted by atomic mass is 10.1. The molecule has 1 heterocycles. The second-order valence-electron chi connectivity index (χ2n) is 6.55. The van der Waals surface area contributed by atoms with Gasteiger partial charge in [0.05, 0.1) is 6.61 Å². The number of hydrogen-bond acceptors (Lipinski definition) is 4. The molecular formula is C22H24N2O4. The Morgan fingerprint density at radius 2 is 2.11 bits per heavy atom. The lowest BCUT2D eigenvalue weighted by Crippen LogP contribution is -2.18. The molecule has 2 amide bonds. The third kappa shape index (κ3) is 4.52. The van der Waals surface area contributed by atoms with E-state index in [-0.39, 0.29) is 17.9 Å². The van der Waals surface area contributed by atoms with E-state index >= 15 is 0 Å². The van der Waals surface area contributed by atoms with Crippen molar-refractivity contribution in [2.75, 3.05) is 19.0 Å². The van der Waals surface area contributed by atoms with Crippen LogP contribution in [0, 0.1) is 0 Å². The molecule has 2 N–H and O–H groups in total. The average molecular weight is 380 g/mol. The van der Waals surface area contributed by atoms with E-state index in [2.05, 4.69) is 10.6 Å². The molecule has 0 saturated carbocycles. The average Bonchev–Trinajstić information content (AvgIpc) is 3.04. The molecule has 0 aliphatic carbocycles. The Hall–Kier alpha value is -3.28. The van der Waals surface area contributed by atoms with Crippen LogP contribution in [0.15, 0.2) is 42.5 Å². The van der Waals surface area contributed by atoms with Crippen LogP contribution in [-0.2, 0) is 11.2 Å². The van der Waals surface area contributed by atoms with Gasteiger partial charge in [0.25, 0.3) is 5.91 Å². The van der Waals surface area contributed by atoms with Gasteiger partial charge in [0, 0.05) is 41.9 Å². The van der Waals surface area contributed by atoms with E-state index in [0.717, 1.165) is 29.0 Å². The van der Waals surface area contributed by atoms with Gasteiger partial charge in [0.15, 0.2) is 0 Å². The molecule has 0 fully saturated rings. The summed E-state index contributed by atoms with van der Waals surface area (Å²) in [5.74, 6) is 1.05. The molecule has 1 aliphatic heterocycles. The molecule has 1 atom stereocenters. The van der Waals surface area contributed by atoms with Crippen LogP contribution in [0.1, 0.15) is 35.3 Å². The lowest BCUT2D eigenvalue weighted by Gasteiger charge is -2.10. The van der Waals surface area contributed by atoms with E-state index in [1.165, 1.54) is 6.08 Å². The topological polar surface area (TPSA) is 76.7 Å². The molecule has 0 aromatic heterocycles. The number of hydrogen-bond donors (Lipinski definition) is 2. The molecule has 2 aromatic carbocycles. The van der Waals surface area contributed by atoms with Crippen LogP contribution < -0.4 is 20.1 Å². The maximum atomic E-state index is 12.3. The first kappa shape index (κ1) is 19.5. The molecule has 2 aromatic rings. The first-order valence-electron chi connectivity index (χ1n) is 9.27. The highest BCUT2D eigenvalue weighted by Crippen LogP contribution is 2.35. The van der Waals surface area contributed by atoms with Gasteiger partial charge >= 0.3 is 0 Å². The van der Waals surface area contributed by atoms with Crippen LogP contribution in [0.2, 0.25) is 0 Å². The number of rotatable bonds is 6. The minimum atomic E-state index is -0.300. The van der Waals surface area contributed by atoms with Crippen molar-refractivity contribution in [2.45, 2.75) is 26.4 Å². The van der Waals surface area contributed by atoms with Crippen molar-refractivity contribution in [3.05, 3.63) is 59.2 Å². The third-order valence-corrected chi connectivity index (χ3v) is 4.36. The zero-order chi connectivity index (χ0) is 20.1. The van der Waals surface area contributed by atoms with E-state index < -0.39 is 0 Å². The summed E-state index contributed by atoms with van der Waals surface area (Å²) < 4.78 is 11.5. The van der Waals surface area contributed by atoms with Gasteiger partial charge in [-0.25, -0.2) is 0 Å². The second kappa shape index (κ2) is 8.61. The Morgan fingerprint density at radius 1 is 1.29 bits per heavy atom. The van der Waals surface area contributed by atoms with Gasteiger partial charge in [-0.1, -0.05) is 6.07 Å². The Morgan fingerprint density at radius 3 is 2.86 bits per heavy atom. The summed E-state index contributed by atoms with van der Waals surface area (Å²) in [5.41, 5.74) is 2.92. The monoisotopic (exact) mass is 380 g/mol. The van der Waals surface area contributed by atoms with Crippen molar-refractivity contribution in [3.63, 3.8) is 0 Å². The predicted molar refractivity (Wildman–Crippen MR) is 109 cm³/mol. The summed E-state index contributed by atoms with van der Waals surface area (Å²) in [6, 6.07) is 10.6. The highest BCUT2D eigenvalue weighted by Gasteiger charge is 2.21. The molecule has 146 valence electrons. The zero-order valence-electron chi connectivity index (χ0n) is 16.2. The number of ether oxygens (including phenoxy) is 2. The van der Waals surface area contributed by atoms with Crippen molar-refractivity contribution in [2.24, 2.45) is 0 Å². The number of carbonyl (C=O) groups is 2. The van der Waals surface area contributed by atoms with E-state index in [0.29, 0.717) is 17.9 Å². The summed E-state index contributed by atoms with van der Waals surface area (Å²) >= 11 is 0. The normalized spacial score (nSPS) is 15.0. The maximum Gasteiger partial charge on any atom is 0.251 e. The third-order valence-electron chi connectivity index (χ3n) is 4.36. The van der Waals surface area contributed by atoms with Crippen molar-refractivity contribution >= 4 is 23.6 Å². The molecule has 1 unspecified atom stereocenters. The molecule has 0 radical (unpaired) electrons. The van der Waals surface area contributed by atoms with Crippen LogP contribution in [0.25, 0.3) is 6.08 Å². The Bertz CT molecular complexity index is 921. The van der Waals surface area contributed by atoms with Crippen LogP contribution in [0.5, 0.6) is 11.5 Å². The second-order valence-corrected chi connectivity index (χ2v) is 6.55. The van der Waals surface area contributed by atoms with E-state index in [4.69, 9.17) is 9.47 Å². The molecule has 28 heavy (non-hydrogen) atoms. The number of carbonyl (C=O) groups excluding carboxylic acids is 2. The fourth-order valence-electron chi connectivity index (χ4n) is 3.10. The number of fused-ring (bicyclic) bond motifs is 1. The van der Waals surface area contributed by atoms with Gasteiger partial charge in [-0.15, -0.1) is 0 Å². The number of benzene rings is 2. The van der Waals surface area contributed by atoms with E-state index in [1.807, 2.05) is 26.0 Å². The van der Waals surface area contributed by atoms with Crippen molar-refractivity contribution in [3.8, 4) is 11.5 Å². The first-order valence-corrected chi connectivity index (χ1v) is 9.27. The first-order chi connectivity index (χ1) is 13.5. The van der Waals surface area contributed by atoms with E-state index in [1.54, 1.807) is 37.4 Å². The number of anilines is 1. The molecule has 0 spiro atoms. The molecule has 0 saturated heterocycles. The van der Waals surface area contributed by atoms with Crippen LogP contribution >= 0.6 is 0 Å². The molecule has 1 aliphatic rings. The number of nitrogens with one attached hydrogen (secondary N) is 2. The lowest BCUT2D eigenvalue weighted by molar-refractivity contribution is -0.111. The van der Waals surface area contributed by atoms with Crippen LogP contribution in [0.4, 0.5) is 5.69 Å². The van der Waals surface area contributed by atoms with Crippen molar-refractivity contribution in [1.29, 1.82) is 0 Å². The summed E-state index contributed by atoms with van der Waals surface area (Å²) in [7, 11) is 1.56. The fourth-order valence-corrected chi connectivity index (χ4v) is 3.10. The van der Waals surface area contributed by atoms with Gasteiger partial charge in [0.1, 0.15) is 17.6 Å². The molecule has 0 bridgehead atoms. The minimum Gasteiger partial charge on any atom is -0.493 e. The van der Waals surface area contributed by atoms with Gasteiger partial charge in [0.2, 0.25) is 5.91 Å². The molecule has 3 rings (SSSR count). The summed E-state index contributed by atoms with van der Waals surface area (Å²) in [4.78, 5) is 24.0. The largest absolute Gasteiger partial charge is 0.493 e. The van der Waals surface area contributed by atoms with E-state index in [9.17, 15) is 9.59 Å². The smallest absolute Gasteiger partial charge is 0.251 e. The van der Waals surface area contributed by atoms with Gasteiger partial charge in [-0.3, -0.25) is 9.59 Å². The van der Waals surface area contributed by atoms with Gasteiger partial charge < -0.3 is 20.1 Å². The maximum absolute atomic E-state index is 12.3. The minimum absolute atomic E-state index is 0.139. The van der Waals surface area contributed by atoms with Crippen LogP contribution in [0.3, 0.4) is 0 Å². The van der Waals surface area contributed by atoms with Gasteiger partial charge in [-0.05, 0) is 50.3 Å². The van der Waals surface area contributed by atoms with Gasteiger partial charge in [-0.2, -0.15) is 0 Å². The highest BCUT2D eigenvalue weighted by atomic mass is 16.5. The zero-order valence-corrected chi connectivity index (χ0v) is 16.2. The number of amides is 2. The predicted octanol–water partition coefficient (Wildman–Crippen LogP) is 3.42. The SMILES string of the molecule is CCOc1cc2c(cc1/C=C/C(=O)Nc1cccc(C(=O)NC)c1)OC(C)C2. The molecular weight excluding hydrogens is 356 g/mol. The molecule has 6 nitrogen and oxygen atoms in total. The van der Waals surface area contributed by atoms with Crippen molar-refractivity contribution < 1.29 is 19.1 Å². The quantitative estimate of drug-likeness (QED) is 0.753. The molecule has 6 heteroatoms. The Kier molecular flexibility index (Phi) is 5.99. The van der Waals surface area contributed by atoms with Crippen molar-refractivity contribution in [1.82, 2.24) is 5.32 Å². The van der Waals surface area contributed by atoms with Crippen LogP contribution in [-0.4, -0.2) is 31.6 Å². The Balaban J connectivity index is 1.75. The highest BCUT2D eigenvalue weighted by molar-refractivity contribution is 6.03. The summed E-state index contributed by atoms with van der Waals surface area (Å²) in [5, 5.41) is 5.32. The standard InChI is InChI=1S/C22H24N2O4/c1-4-27-19-13-17-10-14(2)28-20(17)12-15(19)8-9-21(25)24-18-7-5-6-16(11-18)22(26)23-3/h5-9,11-14H,4,10H2,1-3H3,(H,23,26)(H,24,25)/b9-8+.